The molecule has 0 aliphatic rings. The van der Waals surface area contributed by atoms with Crippen LogP contribution in [0.2, 0.25) is 0 Å². The zero-order valence-electron chi connectivity index (χ0n) is 13.7. The molecule has 0 amide bonds. The molecule has 0 N–H and O–H groups in total. The van der Waals surface area contributed by atoms with Crippen molar-refractivity contribution in [3.05, 3.63) is 21.0 Å². The molecule has 0 atom stereocenters. The fraction of sp³-hybridized carbons (Fsp3) is 0.556. The van der Waals surface area contributed by atoms with Crippen LogP contribution in [0, 0.1) is 23.7 Å². The Hall–Kier alpha value is -0.961. The molecule has 0 fully saturated rings. The Labute approximate surface area is 136 Å². The van der Waals surface area contributed by atoms with Crippen molar-refractivity contribution in [2.24, 2.45) is 0 Å². The third-order valence-electron chi connectivity index (χ3n) is 3.42. The summed E-state index contributed by atoms with van der Waals surface area (Å²) in [6, 6.07) is 4.27. The van der Waals surface area contributed by atoms with Gasteiger partial charge in [0.1, 0.15) is 0 Å². The summed E-state index contributed by atoms with van der Waals surface area (Å²) >= 11 is 0.312. The summed E-state index contributed by atoms with van der Waals surface area (Å²) in [5.74, 6) is 13.2. The van der Waals surface area contributed by atoms with Gasteiger partial charge in [-0.15, -0.1) is 0 Å². The van der Waals surface area contributed by atoms with Gasteiger partial charge < -0.3 is 0 Å². The van der Waals surface area contributed by atoms with Crippen LogP contribution in [0.5, 0.6) is 0 Å². The molecule has 2 nitrogen and oxygen atoms in total. The standard InChI is InChI=1S/C18H26N2Se/c1-5-19(6-2)15-9-11-17-13-14-18(21-17)12-10-16-20(7-3)8-4/h13-14H,5-8,15-16H2,1-4H3. The molecule has 3 heteroatoms. The molecule has 0 unspecified atom stereocenters. The zero-order chi connectivity index (χ0) is 15.5. The zero-order valence-corrected chi connectivity index (χ0v) is 15.4. The first-order chi connectivity index (χ1) is 10.2. The van der Waals surface area contributed by atoms with E-state index < -0.39 is 0 Å². The van der Waals surface area contributed by atoms with E-state index >= 15 is 0 Å². The first-order valence-corrected chi connectivity index (χ1v) is 9.46. The van der Waals surface area contributed by atoms with Crippen LogP contribution in [0.25, 0.3) is 0 Å². The van der Waals surface area contributed by atoms with E-state index in [4.69, 9.17) is 0 Å². The maximum absolute atomic E-state index is 3.30. The maximum atomic E-state index is 3.30. The molecular weight excluding hydrogens is 323 g/mol. The Bertz CT molecular complexity index is 470. The Morgan fingerprint density at radius 2 is 1.14 bits per heavy atom. The first kappa shape index (κ1) is 18.1. The van der Waals surface area contributed by atoms with Crippen LogP contribution in [-0.4, -0.2) is 63.6 Å². The molecule has 0 radical (unpaired) electrons. The van der Waals surface area contributed by atoms with Crippen molar-refractivity contribution in [3.8, 4) is 23.7 Å². The first-order valence-electron chi connectivity index (χ1n) is 7.75. The van der Waals surface area contributed by atoms with Gasteiger partial charge in [-0.05, 0) is 0 Å². The van der Waals surface area contributed by atoms with Crippen molar-refractivity contribution in [2.45, 2.75) is 27.7 Å². The second kappa shape index (κ2) is 10.7. The summed E-state index contributed by atoms with van der Waals surface area (Å²) in [6.07, 6.45) is 0. The predicted octanol–water partition coefficient (Wildman–Crippen LogP) is 2.13. The van der Waals surface area contributed by atoms with Crippen LogP contribution in [0.15, 0.2) is 12.1 Å². The Morgan fingerprint density at radius 3 is 1.48 bits per heavy atom. The van der Waals surface area contributed by atoms with Gasteiger partial charge >= 0.3 is 136 Å². The van der Waals surface area contributed by atoms with Gasteiger partial charge in [0.15, 0.2) is 0 Å². The molecule has 114 valence electrons. The van der Waals surface area contributed by atoms with Crippen molar-refractivity contribution in [3.63, 3.8) is 0 Å². The number of hydrogen-bond acceptors (Lipinski definition) is 2. The van der Waals surface area contributed by atoms with Gasteiger partial charge in [0.25, 0.3) is 0 Å². The molecule has 0 aliphatic heterocycles. The van der Waals surface area contributed by atoms with Gasteiger partial charge in [-0.25, -0.2) is 0 Å². The van der Waals surface area contributed by atoms with E-state index in [1.807, 2.05) is 0 Å². The molecule has 0 aliphatic carbocycles. The SMILES string of the molecule is CCN(CC)CC#Cc1ccc(C#CCN(CC)CC)[se]1. The van der Waals surface area contributed by atoms with Gasteiger partial charge in [0.2, 0.25) is 0 Å². The number of rotatable bonds is 6. The average molecular weight is 349 g/mol. The van der Waals surface area contributed by atoms with Crippen LogP contribution >= 0.6 is 0 Å². The topological polar surface area (TPSA) is 6.48 Å². The normalized spacial score (nSPS) is 10.2. The van der Waals surface area contributed by atoms with E-state index in [-0.39, 0.29) is 0 Å². The van der Waals surface area contributed by atoms with Crippen molar-refractivity contribution in [2.75, 3.05) is 39.3 Å². The third-order valence-corrected chi connectivity index (χ3v) is 5.35. The van der Waals surface area contributed by atoms with Crippen LogP contribution in [0.1, 0.15) is 36.6 Å². The molecule has 0 saturated carbocycles. The molecule has 1 aromatic heterocycles. The van der Waals surface area contributed by atoms with E-state index in [9.17, 15) is 0 Å². The summed E-state index contributed by atoms with van der Waals surface area (Å²) in [4.78, 5) is 4.65. The Kier molecular flexibility index (Phi) is 9.24. The molecule has 1 heterocycles. The van der Waals surface area contributed by atoms with Gasteiger partial charge in [0, 0.05) is 0 Å². The Morgan fingerprint density at radius 1 is 0.762 bits per heavy atom. The van der Waals surface area contributed by atoms with Crippen molar-refractivity contribution in [1.82, 2.24) is 9.80 Å². The van der Waals surface area contributed by atoms with Crippen molar-refractivity contribution < 1.29 is 0 Å². The number of hydrogen-bond donors (Lipinski definition) is 0. The summed E-state index contributed by atoms with van der Waals surface area (Å²) in [7, 11) is 0. The van der Waals surface area contributed by atoms with E-state index in [1.165, 1.54) is 8.87 Å². The third kappa shape index (κ3) is 7.03. The molecule has 0 saturated heterocycles. The van der Waals surface area contributed by atoms with E-state index in [0.29, 0.717) is 14.5 Å². The minimum absolute atomic E-state index is 0.312. The van der Waals surface area contributed by atoms with E-state index in [1.54, 1.807) is 0 Å². The van der Waals surface area contributed by atoms with Gasteiger partial charge in [-0.2, -0.15) is 0 Å². The van der Waals surface area contributed by atoms with E-state index in [0.717, 1.165) is 39.3 Å². The van der Waals surface area contributed by atoms with Gasteiger partial charge in [-0.3, -0.25) is 0 Å². The fourth-order valence-corrected chi connectivity index (χ4v) is 3.43. The van der Waals surface area contributed by atoms with Crippen LogP contribution < -0.4 is 0 Å². The van der Waals surface area contributed by atoms with Crippen molar-refractivity contribution >= 4 is 14.5 Å². The van der Waals surface area contributed by atoms with Crippen molar-refractivity contribution in [1.29, 1.82) is 0 Å². The molecule has 1 aromatic rings. The predicted molar refractivity (Wildman–Crippen MR) is 92.7 cm³/mol. The molecule has 0 aromatic carbocycles. The molecular formula is C18H26N2Se. The van der Waals surface area contributed by atoms with Crippen LogP contribution in [-0.2, 0) is 0 Å². The minimum atomic E-state index is 0.312. The fourth-order valence-electron chi connectivity index (χ4n) is 1.84. The van der Waals surface area contributed by atoms with E-state index in [2.05, 4.69) is 73.3 Å². The quantitative estimate of drug-likeness (QED) is 0.574. The second-order valence-electron chi connectivity index (χ2n) is 4.69. The monoisotopic (exact) mass is 350 g/mol. The van der Waals surface area contributed by atoms with Crippen LogP contribution in [0.3, 0.4) is 0 Å². The van der Waals surface area contributed by atoms with Gasteiger partial charge in [-0.1, -0.05) is 0 Å². The molecule has 0 bridgehead atoms. The Balaban J connectivity index is 2.54. The summed E-state index contributed by atoms with van der Waals surface area (Å²) in [5, 5.41) is 0. The summed E-state index contributed by atoms with van der Waals surface area (Å²) in [5.41, 5.74) is 0. The average Bonchev–Trinajstić information content (AvgIpc) is 2.96. The summed E-state index contributed by atoms with van der Waals surface area (Å²) < 4.78 is 2.50. The van der Waals surface area contributed by atoms with Crippen LogP contribution in [0.4, 0.5) is 0 Å². The van der Waals surface area contributed by atoms with Gasteiger partial charge in [0.05, 0.1) is 0 Å². The molecule has 0 spiro atoms. The number of nitrogens with zero attached hydrogens (tertiary/aromatic N) is 2. The summed E-state index contributed by atoms with van der Waals surface area (Å²) in [6.45, 7) is 14.7. The molecule has 21 heavy (non-hydrogen) atoms. The molecule has 1 rings (SSSR count). The second-order valence-corrected chi connectivity index (χ2v) is 6.96.